The summed E-state index contributed by atoms with van der Waals surface area (Å²) in [5, 5.41) is 4.31. The third-order valence-electron chi connectivity index (χ3n) is 2.63. The Kier molecular flexibility index (Phi) is 5.24. The summed E-state index contributed by atoms with van der Waals surface area (Å²) >= 11 is 11.8. The van der Waals surface area contributed by atoms with Crippen LogP contribution in [0.4, 0.5) is 0 Å². The highest BCUT2D eigenvalue weighted by Crippen LogP contribution is 2.28. The van der Waals surface area contributed by atoms with E-state index in [0.29, 0.717) is 27.7 Å². The average Bonchev–Trinajstić information content (AvgIpc) is 2.41. The minimum Gasteiger partial charge on any atom is -0.439 e. The first-order chi connectivity index (χ1) is 9.54. The van der Waals surface area contributed by atoms with Crippen LogP contribution >= 0.6 is 23.2 Å². The molecule has 1 aromatic heterocycles. The fourth-order valence-corrected chi connectivity index (χ4v) is 1.89. The summed E-state index contributed by atoms with van der Waals surface area (Å²) in [6.45, 7) is 4.99. The van der Waals surface area contributed by atoms with Gasteiger partial charge in [-0.3, -0.25) is 0 Å². The molecule has 20 heavy (non-hydrogen) atoms. The molecule has 0 amide bonds. The van der Waals surface area contributed by atoms with E-state index in [9.17, 15) is 0 Å². The molecule has 0 aliphatic heterocycles. The van der Waals surface area contributed by atoms with Crippen LogP contribution in [0.1, 0.15) is 19.4 Å². The van der Waals surface area contributed by atoms with Crippen LogP contribution in [-0.2, 0) is 6.54 Å². The number of ether oxygens (including phenoxy) is 1. The summed E-state index contributed by atoms with van der Waals surface area (Å²) in [6, 6.07) is 9.42. The summed E-state index contributed by atoms with van der Waals surface area (Å²) in [4.78, 5) is 4.19. The molecule has 3 nitrogen and oxygen atoms in total. The largest absolute Gasteiger partial charge is 0.439 e. The molecule has 1 N–H and O–H groups in total. The fourth-order valence-electron chi connectivity index (χ4n) is 1.60. The van der Waals surface area contributed by atoms with Gasteiger partial charge in [-0.2, -0.15) is 0 Å². The molecule has 0 spiro atoms. The molecule has 2 aromatic rings. The van der Waals surface area contributed by atoms with Crippen LogP contribution in [0.3, 0.4) is 0 Å². The maximum Gasteiger partial charge on any atom is 0.219 e. The summed E-state index contributed by atoms with van der Waals surface area (Å²) in [7, 11) is 0. The Bertz CT molecular complexity index is 588. The molecule has 2 rings (SSSR count). The number of pyridine rings is 1. The molecule has 0 saturated carbocycles. The molecule has 0 fully saturated rings. The van der Waals surface area contributed by atoms with Crippen molar-refractivity contribution in [2.75, 3.05) is 0 Å². The third-order valence-corrected chi connectivity index (χ3v) is 3.37. The molecule has 0 aliphatic rings. The van der Waals surface area contributed by atoms with Gasteiger partial charge < -0.3 is 10.1 Å². The minimum absolute atomic E-state index is 0.433. The van der Waals surface area contributed by atoms with Crippen molar-refractivity contribution in [3.63, 3.8) is 0 Å². The van der Waals surface area contributed by atoms with Crippen molar-refractivity contribution in [2.24, 2.45) is 0 Å². The summed E-state index contributed by atoms with van der Waals surface area (Å²) in [6.07, 6.45) is 1.73. The standard InChI is InChI=1S/C15H16Cl2N2O/c1-10(2)19-9-11-5-6-18-15(7-11)20-12-3-4-13(16)14(17)8-12/h3-8,10,19H,9H2,1-2H3. The Labute approximate surface area is 128 Å². The minimum atomic E-state index is 0.433. The number of aromatic nitrogens is 1. The van der Waals surface area contributed by atoms with Gasteiger partial charge >= 0.3 is 0 Å². The molecule has 1 aromatic carbocycles. The first kappa shape index (κ1) is 15.1. The second-order valence-electron chi connectivity index (χ2n) is 4.72. The van der Waals surface area contributed by atoms with Gasteiger partial charge in [0.2, 0.25) is 5.88 Å². The van der Waals surface area contributed by atoms with Crippen molar-refractivity contribution >= 4 is 23.2 Å². The van der Waals surface area contributed by atoms with Crippen LogP contribution in [0, 0.1) is 0 Å². The van der Waals surface area contributed by atoms with Crippen molar-refractivity contribution < 1.29 is 4.74 Å². The molecule has 0 unspecified atom stereocenters. The molecule has 106 valence electrons. The van der Waals surface area contributed by atoms with Gasteiger partial charge in [0, 0.05) is 30.9 Å². The van der Waals surface area contributed by atoms with E-state index >= 15 is 0 Å². The van der Waals surface area contributed by atoms with Gasteiger partial charge in [-0.25, -0.2) is 4.98 Å². The monoisotopic (exact) mass is 310 g/mol. The third kappa shape index (κ3) is 4.37. The zero-order valence-electron chi connectivity index (χ0n) is 11.4. The first-order valence-corrected chi connectivity index (χ1v) is 7.11. The van der Waals surface area contributed by atoms with Gasteiger partial charge in [0.05, 0.1) is 10.0 Å². The smallest absolute Gasteiger partial charge is 0.219 e. The van der Waals surface area contributed by atoms with Gasteiger partial charge in [0.1, 0.15) is 5.75 Å². The van der Waals surface area contributed by atoms with Crippen molar-refractivity contribution in [3.05, 3.63) is 52.1 Å². The highest BCUT2D eigenvalue weighted by atomic mass is 35.5. The van der Waals surface area contributed by atoms with Crippen molar-refractivity contribution in [1.29, 1.82) is 0 Å². The highest BCUT2D eigenvalue weighted by molar-refractivity contribution is 6.42. The summed E-state index contributed by atoms with van der Waals surface area (Å²) < 4.78 is 5.68. The molecule has 0 atom stereocenters. The fraction of sp³-hybridized carbons (Fsp3) is 0.267. The Morgan fingerprint density at radius 3 is 2.65 bits per heavy atom. The maximum absolute atomic E-state index is 5.95. The molecule has 0 saturated heterocycles. The van der Waals surface area contributed by atoms with Gasteiger partial charge in [-0.1, -0.05) is 37.0 Å². The maximum atomic E-state index is 5.95. The van der Waals surface area contributed by atoms with Crippen LogP contribution < -0.4 is 10.1 Å². The van der Waals surface area contributed by atoms with Crippen molar-refractivity contribution in [2.45, 2.75) is 26.4 Å². The molecule has 0 radical (unpaired) electrons. The zero-order valence-corrected chi connectivity index (χ0v) is 12.9. The van der Waals surface area contributed by atoms with Crippen LogP contribution in [-0.4, -0.2) is 11.0 Å². The van der Waals surface area contributed by atoms with Gasteiger partial charge in [-0.05, 0) is 23.8 Å². The Morgan fingerprint density at radius 1 is 1.15 bits per heavy atom. The number of hydrogen-bond donors (Lipinski definition) is 1. The van der Waals surface area contributed by atoms with Gasteiger partial charge in [0.25, 0.3) is 0 Å². The van der Waals surface area contributed by atoms with Gasteiger partial charge in [0.15, 0.2) is 0 Å². The van der Waals surface area contributed by atoms with Crippen molar-refractivity contribution in [1.82, 2.24) is 10.3 Å². The number of nitrogens with zero attached hydrogens (tertiary/aromatic N) is 1. The number of benzene rings is 1. The molecule has 5 heteroatoms. The van der Waals surface area contributed by atoms with E-state index in [1.54, 1.807) is 24.4 Å². The van der Waals surface area contributed by atoms with E-state index in [1.165, 1.54) is 0 Å². The normalized spacial score (nSPS) is 10.8. The van der Waals surface area contributed by atoms with E-state index in [-0.39, 0.29) is 0 Å². The second kappa shape index (κ2) is 6.93. The molecule has 0 aliphatic carbocycles. The van der Waals surface area contributed by atoms with E-state index in [1.807, 2.05) is 12.1 Å². The lowest BCUT2D eigenvalue weighted by Gasteiger charge is -2.10. The Balaban J connectivity index is 2.08. The lowest BCUT2D eigenvalue weighted by Crippen LogP contribution is -2.21. The number of rotatable bonds is 5. The van der Waals surface area contributed by atoms with Gasteiger partial charge in [-0.15, -0.1) is 0 Å². The molecule has 1 heterocycles. The van der Waals surface area contributed by atoms with E-state index in [4.69, 9.17) is 27.9 Å². The number of hydrogen-bond acceptors (Lipinski definition) is 3. The lowest BCUT2D eigenvalue weighted by molar-refractivity contribution is 0.461. The van der Waals surface area contributed by atoms with Crippen LogP contribution in [0.5, 0.6) is 11.6 Å². The highest BCUT2D eigenvalue weighted by Gasteiger charge is 2.04. The second-order valence-corrected chi connectivity index (χ2v) is 5.53. The SMILES string of the molecule is CC(C)NCc1ccnc(Oc2ccc(Cl)c(Cl)c2)c1. The van der Waals surface area contributed by atoms with Crippen LogP contribution in [0.25, 0.3) is 0 Å². The summed E-state index contributed by atoms with van der Waals surface area (Å²) in [5.41, 5.74) is 1.11. The Morgan fingerprint density at radius 2 is 1.95 bits per heavy atom. The predicted molar refractivity (Wildman–Crippen MR) is 82.7 cm³/mol. The van der Waals surface area contributed by atoms with E-state index < -0.39 is 0 Å². The van der Waals surface area contributed by atoms with Crippen LogP contribution in [0.15, 0.2) is 36.5 Å². The number of halogens is 2. The van der Waals surface area contributed by atoms with E-state index in [0.717, 1.165) is 12.1 Å². The number of nitrogens with one attached hydrogen (secondary N) is 1. The lowest BCUT2D eigenvalue weighted by atomic mass is 10.2. The summed E-state index contributed by atoms with van der Waals surface area (Å²) in [5.74, 6) is 1.15. The average molecular weight is 311 g/mol. The Hall–Kier alpha value is -1.29. The predicted octanol–water partition coefficient (Wildman–Crippen LogP) is 4.68. The molecular formula is C15H16Cl2N2O. The molecule has 0 bridgehead atoms. The molecular weight excluding hydrogens is 295 g/mol. The van der Waals surface area contributed by atoms with E-state index in [2.05, 4.69) is 24.1 Å². The van der Waals surface area contributed by atoms with Crippen LogP contribution in [0.2, 0.25) is 10.0 Å². The van der Waals surface area contributed by atoms with Crippen molar-refractivity contribution in [3.8, 4) is 11.6 Å². The first-order valence-electron chi connectivity index (χ1n) is 6.36. The quantitative estimate of drug-likeness (QED) is 0.870. The zero-order chi connectivity index (χ0) is 14.5. The topological polar surface area (TPSA) is 34.2 Å².